The van der Waals surface area contributed by atoms with Crippen LogP contribution in [-0.2, 0) is 12.7 Å². The first-order valence-corrected chi connectivity index (χ1v) is 10.9. The Morgan fingerprint density at radius 1 is 1.19 bits per heavy atom. The predicted octanol–water partition coefficient (Wildman–Crippen LogP) is 5.04. The Kier molecular flexibility index (Phi) is 5.88. The number of hydrogen-bond acceptors (Lipinski definition) is 4. The minimum atomic E-state index is -4.39. The number of halogens is 3. The number of imidazole rings is 1. The molecule has 2 aromatic heterocycles. The Morgan fingerprint density at radius 2 is 1.90 bits per heavy atom. The minimum absolute atomic E-state index is 0.00370. The summed E-state index contributed by atoms with van der Waals surface area (Å²) in [7, 11) is 0. The first kappa shape index (κ1) is 21.5. The summed E-state index contributed by atoms with van der Waals surface area (Å²) >= 11 is 1.41. The average Bonchev–Trinajstić information content (AvgIpc) is 3.33. The summed E-state index contributed by atoms with van der Waals surface area (Å²) in [5.74, 6) is 0.874. The lowest BCUT2D eigenvalue weighted by molar-refractivity contribution is -0.138. The highest BCUT2D eigenvalue weighted by molar-refractivity contribution is 7.13. The van der Waals surface area contributed by atoms with E-state index >= 15 is 0 Å². The van der Waals surface area contributed by atoms with Crippen LogP contribution in [0.5, 0.6) is 0 Å². The van der Waals surface area contributed by atoms with E-state index in [1.54, 1.807) is 23.0 Å². The molecule has 0 saturated carbocycles. The van der Waals surface area contributed by atoms with Crippen molar-refractivity contribution in [1.82, 2.24) is 19.4 Å². The molecule has 0 atom stereocenters. The highest BCUT2D eigenvalue weighted by atomic mass is 32.1. The van der Waals surface area contributed by atoms with Gasteiger partial charge >= 0.3 is 6.18 Å². The summed E-state index contributed by atoms with van der Waals surface area (Å²) in [5, 5.41) is 0.872. The van der Waals surface area contributed by atoms with Gasteiger partial charge in [0.05, 0.1) is 16.3 Å². The minimum Gasteiger partial charge on any atom is -0.338 e. The third-order valence-electron chi connectivity index (χ3n) is 5.66. The van der Waals surface area contributed by atoms with Crippen LogP contribution in [0.1, 0.15) is 56.1 Å². The van der Waals surface area contributed by atoms with Gasteiger partial charge in [-0.1, -0.05) is 18.2 Å². The van der Waals surface area contributed by atoms with E-state index in [0.29, 0.717) is 18.0 Å². The topological polar surface area (TPSA) is 51.0 Å². The Balaban J connectivity index is 1.46. The van der Waals surface area contributed by atoms with Crippen LogP contribution in [0, 0.1) is 13.8 Å². The van der Waals surface area contributed by atoms with Crippen LogP contribution >= 0.6 is 11.3 Å². The largest absolute Gasteiger partial charge is 0.416 e. The van der Waals surface area contributed by atoms with Gasteiger partial charge in [-0.3, -0.25) is 4.79 Å². The number of alkyl halides is 3. The van der Waals surface area contributed by atoms with Crippen molar-refractivity contribution < 1.29 is 18.0 Å². The maximum atomic E-state index is 13.4. The van der Waals surface area contributed by atoms with Gasteiger partial charge in [-0.25, -0.2) is 9.97 Å². The number of piperidine rings is 1. The molecule has 31 heavy (non-hydrogen) atoms. The summed E-state index contributed by atoms with van der Waals surface area (Å²) < 4.78 is 41.9. The van der Waals surface area contributed by atoms with E-state index in [4.69, 9.17) is 0 Å². The maximum absolute atomic E-state index is 13.4. The third-order valence-corrected chi connectivity index (χ3v) is 6.72. The lowest BCUT2D eigenvalue weighted by Gasteiger charge is -2.32. The van der Waals surface area contributed by atoms with Crippen LogP contribution in [0.15, 0.2) is 36.7 Å². The van der Waals surface area contributed by atoms with Crippen molar-refractivity contribution in [3.05, 3.63) is 69.2 Å². The number of hydrogen-bond donors (Lipinski definition) is 0. The second-order valence-corrected chi connectivity index (χ2v) is 8.99. The molecule has 1 aliphatic heterocycles. The number of likely N-dealkylation sites (tertiary alicyclic amines) is 1. The number of aryl methyl sites for hydroxylation is 2. The molecular formula is C22H23F3N4OS. The molecule has 0 aliphatic carbocycles. The zero-order valence-corrected chi connectivity index (χ0v) is 18.1. The number of amides is 1. The second-order valence-electron chi connectivity index (χ2n) is 7.78. The fourth-order valence-corrected chi connectivity index (χ4v) is 5.03. The lowest BCUT2D eigenvalue weighted by Crippen LogP contribution is -2.38. The van der Waals surface area contributed by atoms with Crippen molar-refractivity contribution in [2.45, 2.75) is 45.3 Å². The summed E-state index contributed by atoms with van der Waals surface area (Å²) in [6.07, 6.45) is 0.410. The average molecular weight is 449 g/mol. The van der Waals surface area contributed by atoms with E-state index in [9.17, 15) is 18.0 Å². The summed E-state index contributed by atoms with van der Waals surface area (Å²) in [5.41, 5.74) is 0.358. The number of carbonyl (C=O) groups is 1. The van der Waals surface area contributed by atoms with Gasteiger partial charge in [0.2, 0.25) is 0 Å². The van der Waals surface area contributed by atoms with Gasteiger partial charge in [-0.2, -0.15) is 13.2 Å². The SMILES string of the molecule is Cc1nc(C)c(C(=O)N2CCC(c3nccn3Cc3ccccc3C(F)(F)F)CC2)s1. The Labute approximate surface area is 182 Å². The first-order chi connectivity index (χ1) is 14.7. The molecule has 0 N–H and O–H groups in total. The molecular weight excluding hydrogens is 425 g/mol. The monoisotopic (exact) mass is 448 g/mol. The fraction of sp³-hybridized carbons (Fsp3) is 0.409. The molecule has 1 aliphatic rings. The van der Waals surface area contributed by atoms with Crippen LogP contribution in [0.2, 0.25) is 0 Å². The standard InChI is InChI=1S/C22H23F3N4OS/c1-14-19(31-15(2)27-14)21(30)28-10-7-16(8-11-28)20-26-9-12-29(20)13-17-5-3-4-6-18(17)22(23,24)25/h3-6,9,12,16H,7-8,10-11,13H2,1-2H3. The fourth-order valence-electron chi connectivity index (χ4n) is 4.15. The van der Waals surface area contributed by atoms with Crippen LogP contribution < -0.4 is 0 Å². The number of thiazole rings is 1. The molecule has 1 aromatic carbocycles. The summed E-state index contributed by atoms with van der Waals surface area (Å²) in [6, 6.07) is 5.64. The molecule has 5 nitrogen and oxygen atoms in total. The summed E-state index contributed by atoms with van der Waals surface area (Å²) in [4.78, 5) is 24.1. The van der Waals surface area contributed by atoms with Crippen molar-refractivity contribution in [2.75, 3.05) is 13.1 Å². The number of rotatable bonds is 4. The molecule has 164 valence electrons. The van der Waals surface area contributed by atoms with Gasteiger partial charge in [0.1, 0.15) is 10.7 Å². The Morgan fingerprint density at radius 3 is 2.55 bits per heavy atom. The third kappa shape index (κ3) is 4.51. The van der Waals surface area contributed by atoms with Crippen LogP contribution in [0.4, 0.5) is 13.2 Å². The highest BCUT2D eigenvalue weighted by Gasteiger charge is 2.33. The molecule has 0 radical (unpaired) electrons. The zero-order valence-electron chi connectivity index (χ0n) is 17.3. The van der Waals surface area contributed by atoms with E-state index in [0.717, 1.165) is 35.4 Å². The first-order valence-electron chi connectivity index (χ1n) is 10.1. The van der Waals surface area contributed by atoms with E-state index in [2.05, 4.69) is 9.97 Å². The molecule has 1 saturated heterocycles. The number of carbonyl (C=O) groups excluding carboxylic acids is 1. The van der Waals surface area contributed by atoms with Gasteiger partial charge in [0.25, 0.3) is 5.91 Å². The molecule has 4 rings (SSSR count). The van der Waals surface area contributed by atoms with Gasteiger partial charge < -0.3 is 9.47 Å². The van der Waals surface area contributed by atoms with Gasteiger partial charge in [0.15, 0.2) is 0 Å². The highest BCUT2D eigenvalue weighted by Crippen LogP contribution is 2.33. The summed E-state index contributed by atoms with van der Waals surface area (Å²) in [6.45, 7) is 5.03. The molecule has 0 unspecified atom stereocenters. The van der Waals surface area contributed by atoms with E-state index in [-0.39, 0.29) is 23.9 Å². The van der Waals surface area contributed by atoms with Gasteiger partial charge in [-0.05, 0) is 38.3 Å². The number of nitrogens with zero attached hydrogens (tertiary/aromatic N) is 4. The molecule has 9 heteroatoms. The maximum Gasteiger partial charge on any atom is 0.416 e. The van der Waals surface area contributed by atoms with Crippen molar-refractivity contribution >= 4 is 17.2 Å². The van der Waals surface area contributed by atoms with E-state index in [1.165, 1.54) is 23.5 Å². The number of aromatic nitrogens is 3. The van der Waals surface area contributed by atoms with Gasteiger partial charge in [-0.15, -0.1) is 11.3 Å². The molecule has 3 aromatic rings. The van der Waals surface area contributed by atoms with Crippen molar-refractivity contribution in [1.29, 1.82) is 0 Å². The van der Waals surface area contributed by atoms with E-state index < -0.39 is 11.7 Å². The van der Waals surface area contributed by atoms with Crippen molar-refractivity contribution in [3.63, 3.8) is 0 Å². The Hall–Kier alpha value is -2.68. The molecule has 1 fully saturated rings. The Bertz CT molecular complexity index is 1080. The number of benzene rings is 1. The van der Waals surface area contributed by atoms with Crippen LogP contribution in [0.3, 0.4) is 0 Å². The second kappa shape index (κ2) is 8.45. The zero-order chi connectivity index (χ0) is 22.2. The van der Waals surface area contributed by atoms with E-state index in [1.807, 2.05) is 18.7 Å². The van der Waals surface area contributed by atoms with Crippen molar-refractivity contribution in [3.8, 4) is 0 Å². The van der Waals surface area contributed by atoms with Gasteiger partial charge in [0, 0.05) is 37.9 Å². The predicted molar refractivity (Wildman–Crippen MR) is 112 cm³/mol. The lowest BCUT2D eigenvalue weighted by atomic mass is 9.95. The quantitative estimate of drug-likeness (QED) is 0.562. The van der Waals surface area contributed by atoms with Crippen LogP contribution in [-0.4, -0.2) is 38.4 Å². The van der Waals surface area contributed by atoms with Crippen LogP contribution in [0.25, 0.3) is 0 Å². The molecule has 0 bridgehead atoms. The van der Waals surface area contributed by atoms with Crippen molar-refractivity contribution in [2.24, 2.45) is 0 Å². The molecule has 1 amide bonds. The normalized spacial score (nSPS) is 15.5. The smallest absolute Gasteiger partial charge is 0.338 e. The molecule has 0 spiro atoms. The molecule has 3 heterocycles.